The molecular weight excluding hydrogens is 233 g/mol. The standard InChI is InChI=1S/C14H20FNS/c15-12-6-4-5-11(9-12)14(16)10-17-13-7-2-1-3-8-13/h4-6,9,13-14H,1-3,7-8,10,16H2. The van der Waals surface area contributed by atoms with Crippen LogP contribution in [0.4, 0.5) is 4.39 Å². The molecule has 0 saturated heterocycles. The molecule has 2 rings (SSSR count). The topological polar surface area (TPSA) is 26.0 Å². The van der Waals surface area contributed by atoms with Crippen molar-refractivity contribution in [3.63, 3.8) is 0 Å². The molecule has 1 unspecified atom stereocenters. The zero-order valence-corrected chi connectivity index (χ0v) is 10.9. The minimum absolute atomic E-state index is 0.0439. The van der Waals surface area contributed by atoms with Crippen molar-refractivity contribution in [2.24, 2.45) is 5.73 Å². The molecule has 2 N–H and O–H groups in total. The first-order valence-corrected chi connectivity index (χ1v) is 7.43. The summed E-state index contributed by atoms with van der Waals surface area (Å²) < 4.78 is 13.1. The van der Waals surface area contributed by atoms with E-state index in [-0.39, 0.29) is 11.9 Å². The van der Waals surface area contributed by atoms with E-state index in [0.717, 1.165) is 16.6 Å². The van der Waals surface area contributed by atoms with Gasteiger partial charge in [-0.05, 0) is 30.5 Å². The summed E-state index contributed by atoms with van der Waals surface area (Å²) in [6, 6.07) is 6.61. The van der Waals surface area contributed by atoms with E-state index in [2.05, 4.69) is 0 Å². The van der Waals surface area contributed by atoms with E-state index in [1.165, 1.54) is 38.2 Å². The van der Waals surface area contributed by atoms with Crippen LogP contribution in [0.1, 0.15) is 43.7 Å². The highest BCUT2D eigenvalue weighted by molar-refractivity contribution is 7.99. The highest BCUT2D eigenvalue weighted by Crippen LogP contribution is 2.30. The fraction of sp³-hybridized carbons (Fsp3) is 0.571. The van der Waals surface area contributed by atoms with E-state index < -0.39 is 0 Å². The van der Waals surface area contributed by atoms with Crippen molar-refractivity contribution in [3.05, 3.63) is 35.6 Å². The number of hydrogen-bond donors (Lipinski definition) is 1. The van der Waals surface area contributed by atoms with Crippen molar-refractivity contribution in [1.82, 2.24) is 0 Å². The number of halogens is 1. The van der Waals surface area contributed by atoms with Crippen molar-refractivity contribution in [1.29, 1.82) is 0 Å². The molecule has 94 valence electrons. The fourth-order valence-corrected chi connectivity index (χ4v) is 3.64. The third-order valence-corrected chi connectivity index (χ3v) is 4.83. The molecule has 0 spiro atoms. The Bertz CT molecular complexity index is 350. The van der Waals surface area contributed by atoms with Crippen LogP contribution >= 0.6 is 11.8 Å². The Morgan fingerprint density at radius 1 is 1.29 bits per heavy atom. The lowest BCUT2D eigenvalue weighted by Crippen LogP contribution is -2.17. The van der Waals surface area contributed by atoms with Crippen molar-refractivity contribution in [2.45, 2.75) is 43.4 Å². The summed E-state index contributed by atoms with van der Waals surface area (Å²) in [6.07, 6.45) is 6.73. The maximum Gasteiger partial charge on any atom is 0.123 e. The van der Waals surface area contributed by atoms with Gasteiger partial charge in [-0.2, -0.15) is 11.8 Å². The van der Waals surface area contributed by atoms with Crippen molar-refractivity contribution in [3.8, 4) is 0 Å². The molecule has 1 atom stereocenters. The van der Waals surface area contributed by atoms with Crippen molar-refractivity contribution in [2.75, 3.05) is 5.75 Å². The third-order valence-electron chi connectivity index (χ3n) is 3.34. The molecule has 3 heteroatoms. The second-order valence-corrected chi connectivity index (χ2v) is 6.09. The number of hydrogen-bond acceptors (Lipinski definition) is 2. The van der Waals surface area contributed by atoms with Gasteiger partial charge in [-0.15, -0.1) is 0 Å². The molecule has 0 heterocycles. The smallest absolute Gasteiger partial charge is 0.123 e. The van der Waals surface area contributed by atoms with E-state index in [4.69, 9.17) is 5.73 Å². The average Bonchev–Trinajstić information content (AvgIpc) is 2.37. The van der Waals surface area contributed by atoms with E-state index in [1.54, 1.807) is 12.1 Å². The Labute approximate surface area is 107 Å². The lowest BCUT2D eigenvalue weighted by Gasteiger charge is -2.22. The first-order valence-electron chi connectivity index (χ1n) is 6.38. The molecule has 17 heavy (non-hydrogen) atoms. The largest absolute Gasteiger partial charge is 0.323 e. The fourth-order valence-electron chi connectivity index (χ4n) is 2.31. The predicted molar refractivity (Wildman–Crippen MR) is 72.7 cm³/mol. The SMILES string of the molecule is NC(CSC1CCCCC1)c1cccc(F)c1. The van der Waals surface area contributed by atoms with Gasteiger partial charge in [0.2, 0.25) is 0 Å². The number of benzene rings is 1. The Hall–Kier alpha value is -0.540. The maximum absolute atomic E-state index is 13.1. The van der Waals surface area contributed by atoms with Gasteiger partial charge in [0.1, 0.15) is 5.82 Å². The molecule has 0 amide bonds. The molecule has 1 saturated carbocycles. The lowest BCUT2D eigenvalue weighted by atomic mass is 10.0. The summed E-state index contributed by atoms with van der Waals surface area (Å²) in [6.45, 7) is 0. The van der Waals surface area contributed by atoms with Crippen LogP contribution in [0, 0.1) is 5.82 Å². The summed E-state index contributed by atoms with van der Waals surface area (Å²) in [4.78, 5) is 0. The van der Waals surface area contributed by atoms with Gasteiger partial charge in [0.15, 0.2) is 0 Å². The molecule has 1 fully saturated rings. The van der Waals surface area contributed by atoms with Crippen LogP contribution < -0.4 is 5.73 Å². The van der Waals surface area contributed by atoms with E-state index in [0.29, 0.717) is 0 Å². The summed E-state index contributed by atoms with van der Waals surface area (Å²) in [5.41, 5.74) is 7.00. The van der Waals surface area contributed by atoms with E-state index in [9.17, 15) is 4.39 Å². The van der Waals surface area contributed by atoms with Gasteiger partial charge in [-0.1, -0.05) is 31.4 Å². The van der Waals surface area contributed by atoms with Gasteiger partial charge in [-0.25, -0.2) is 4.39 Å². The van der Waals surface area contributed by atoms with Gasteiger partial charge in [0.25, 0.3) is 0 Å². The second kappa shape index (κ2) is 6.41. The Morgan fingerprint density at radius 2 is 2.06 bits per heavy atom. The molecule has 0 bridgehead atoms. The second-order valence-electron chi connectivity index (χ2n) is 4.75. The molecule has 1 aliphatic rings. The summed E-state index contributed by atoms with van der Waals surface area (Å²) in [5.74, 6) is 0.703. The first kappa shape index (κ1) is 12.9. The van der Waals surface area contributed by atoms with Crippen LogP contribution in [0.25, 0.3) is 0 Å². The van der Waals surface area contributed by atoms with E-state index in [1.807, 2.05) is 17.8 Å². The summed E-state index contributed by atoms with van der Waals surface area (Å²) in [5, 5.41) is 0.767. The van der Waals surface area contributed by atoms with Crippen LogP contribution in [-0.4, -0.2) is 11.0 Å². The molecule has 0 radical (unpaired) electrons. The van der Waals surface area contributed by atoms with Gasteiger partial charge < -0.3 is 5.73 Å². The number of rotatable bonds is 4. The van der Waals surface area contributed by atoms with Gasteiger partial charge in [-0.3, -0.25) is 0 Å². The zero-order valence-electron chi connectivity index (χ0n) is 10.1. The molecule has 1 aromatic carbocycles. The normalized spacial score (nSPS) is 19.2. The monoisotopic (exact) mass is 253 g/mol. The molecule has 0 aliphatic heterocycles. The third kappa shape index (κ3) is 4.00. The summed E-state index contributed by atoms with van der Waals surface area (Å²) in [7, 11) is 0. The number of nitrogens with two attached hydrogens (primary N) is 1. The molecular formula is C14H20FNS. The van der Waals surface area contributed by atoms with Crippen LogP contribution in [0.5, 0.6) is 0 Å². The van der Waals surface area contributed by atoms with Crippen LogP contribution in [0.3, 0.4) is 0 Å². The highest BCUT2D eigenvalue weighted by Gasteiger charge is 2.15. The minimum Gasteiger partial charge on any atom is -0.323 e. The zero-order chi connectivity index (χ0) is 12.1. The quantitative estimate of drug-likeness (QED) is 0.881. The van der Waals surface area contributed by atoms with Crippen LogP contribution in [0.15, 0.2) is 24.3 Å². The molecule has 1 aliphatic carbocycles. The number of thioether (sulfide) groups is 1. The Balaban J connectivity index is 1.82. The molecule has 0 aromatic heterocycles. The van der Waals surface area contributed by atoms with Gasteiger partial charge in [0, 0.05) is 17.0 Å². The minimum atomic E-state index is -0.194. The average molecular weight is 253 g/mol. The molecule has 1 aromatic rings. The van der Waals surface area contributed by atoms with Crippen LogP contribution in [0.2, 0.25) is 0 Å². The highest BCUT2D eigenvalue weighted by atomic mass is 32.2. The van der Waals surface area contributed by atoms with Gasteiger partial charge in [0.05, 0.1) is 0 Å². The van der Waals surface area contributed by atoms with Gasteiger partial charge >= 0.3 is 0 Å². The Kier molecular flexibility index (Phi) is 4.86. The molecule has 1 nitrogen and oxygen atoms in total. The van der Waals surface area contributed by atoms with Crippen molar-refractivity contribution >= 4 is 11.8 Å². The van der Waals surface area contributed by atoms with E-state index >= 15 is 0 Å². The summed E-state index contributed by atoms with van der Waals surface area (Å²) >= 11 is 1.96. The first-order chi connectivity index (χ1) is 8.25. The Morgan fingerprint density at radius 3 is 2.76 bits per heavy atom. The van der Waals surface area contributed by atoms with Crippen molar-refractivity contribution < 1.29 is 4.39 Å². The lowest BCUT2D eigenvalue weighted by molar-refractivity contribution is 0.515. The maximum atomic E-state index is 13.1. The van der Waals surface area contributed by atoms with Crippen LogP contribution in [-0.2, 0) is 0 Å². The predicted octanol–water partition coefficient (Wildman–Crippen LogP) is 3.89.